The van der Waals surface area contributed by atoms with E-state index in [4.69, 9.17) is 4.74 Å². The monoisotopic (exact) mass is 405 g/mol. The smallest absolute Gasteiger partial charge is 0.282 e. The molecule has 156 valence electrons. The van der Waals surface area contributed by atoms with E-state index in [2.05, 4.69) is 11.9 Å². The number of nitrogens with zero attached hydrogens (tertiary/aromatic N) is 3. The van der Waals surface area contributed by atoms with Gasteiger partial charge in [0.25, 0.3) is 11.8 Å². The molecule has 2 heterocycles. The molecule has 2 aromatic carbocycles. The Kier molecular flexibility index (Phi) is 5.35. The first-order chi connectivity index (χ1) is 14.4. The van der Waals surface area contributed by atoms with E-state index in [9.17, 15) is 9.59 Å². The van der Waals surface area contributed by atoms with Crippen molar-refractivity contribution in [3.05, 3.63) is 64.9 Å². The number of hydrogen-bond donors (Lipinski definition) is 0. The van der Waals surface area contributed by atoms with Gasteiger partial charge in [-0.3, -0.25) is 9.59 Å². The van der Waals surface area contributed by atoms with Gasteiger partial charge in [0.05, 0.1) is 18.4 Å². The third kappa shape index (κ3) is 3.37. The van der Waals surface area contributed by atoms with Gasteiger partial charge in [-0.05, 0) is 38.6 Å². The fourth-order valence-corrected chi connectivity index (χ4v) is 4.21. The van der Waals surface area contributed by atoms with Crippen LogP contribution in [0.2, 0.25) is 0 Å². The van der Waals surface area contributed by atoms with Crippen LogP contribution in [0.25, 0.3) is 5.57 Å². The van der Waals surface area contributed by atoms with E-state index in [1.165, 1.54) is 4.90 Å². The van der Waals surface area contributed by atoms with Crippen molar-refractivity contribution in [2.45, 2.75) is 13.8 Å². The van der Waals surface area contributed by atoms with Gasteiger partial charge in [0.15, 0.2) is 0 Å². The van der Waals surface area contributed by atoms with E-state index in [0.29, 0.717) is 41.4 Å². The minimum atomic E-state index is -0.301. The second-order valence-electron chi connectivity index (χ2n) is 7.95. The van der Waals surface area contributed by atoms with Crippen molar-refractivity contribution in [3.63, 3.8) is 0 Å². The standard InChI is InChI=1S/C24H27N3O3/c1-16-9-10-19(17(2)15-16)27-23(28)21(18-7-5-6-8-20(18)30-4)22(24(27)29)26-13-11-25(3)12-14-26/h5-10,15H,11-14H2,1-4H3. The number of likely N-dealkylation sites (N-methyl/N-ethyl adjacent to an activating group) is 1. The Balaban J connectivity index is 1.86. The first-order valence-electron chi connectivity index (χ1n) is 10.2. The third-order valence-electron chi connectivity index (χ3n) is 5.85. The molecular formula is C24H27N3O3. The number of rotatable bonds is 4. The number of carbonyl (C=O) groups is 2. The average molecular weight is 405 g/mol. The molecule has 4 rings (SSSR count). The number of methoxy groups -OCH3 is 1. The topological polar surface area (TPSA) is 53.1 Å². The number of ether oxygens (including phenoxy) is 1. The maximum Gasteiger partial charge on any atom is 0.282 e. The van der Waals surface area contributed by atoms with Gasteiger partial charge in [0.1, 0.15) is 11.4 Å². The fraction of sp³-hybridized carbons (Fsp3) is 0.333. The zero-order valence-corrected chi connectivity index (χ0v) is 17.9. The molecule has 1 fully saturated rings. The van der Waals surface area contributed by atoms with Crippen LogP contribution >= 0.6 is 0 Å². The molecule has 0 N–H and O–H groups in total. The number of aryl methyl sites for hydroxylation is 2. The van der Waals surface area contributed by atoms with Gasteiger partial charge >= 0.3 is 0 Å². The Hall–Kier alpha value is -3.12. The summed E-state index contributed by atoms with van der Waals surface area (Å²) >= 11 is 0. The number of anilines is 1. The van der Waals surface area contributed by atoms with Crippen molar-refractivity contribution in [2.75, 3.05) is 45.2 Å². The van der Waals surface area contributed by atoms with Crippen LogP contribution in [-0.2, 0) is 9.59 Å². The lowest BCUT2D eigenvalue weighted by molar-refractivity contribution is -0.120. The summed E-state index contributed by atoms with van der Waals surface area (Å²) in [6.45, 7) is 7.01. The van der Waals surface area contributed by atoms with Gasteiger partial charge in [0, 0.05) is 31.7 Å². The Morgan fingerprint density at radius 3 is 2.27 bits per heavy atom. The summed E-state index contributed by atoms with van der Waals surface area (Å²) in [6.07, 6.45) is 0. The van der Waals surface area contributed by atoms with Crippen molar-refractivity contribution in [1.82, 2.24) is 9.80 Å². The Labute approximate surface area is 177 Å². The van der Waals surface area contributed by atoms with Gasteiger partial charge in [0.2, 0.25) is 0 Å². The molecule has 0 aliphatic carbocycles. The van der Waals surface area contributed by atoms with E-state index < -0.39 is 0 Å². The van der Waals surface area contributed by atoms with Gasteiger partial charge in [-0.1, -0.05) is 35.9 Å². The van der Waals surface area contributed by atoms with E-state index in [-0.39, 0.29) is 11.8 Å². The number of carbonyl (C=O) groups excluding carboxylic acids is 2. The number of hydrogen-bond acceptors (Lipinski definition) is 5. The summed E-state index contributed by atoms with van der Waals surface area (Å²) in [4.78, 5) is 33.0. The molecule has 0 aromatic heterocycles. The van der Waals surface area contributed by atoms with E-state index >= 15 is 0 Å². The number of imide groups is 1. The summed E-state index contributed by atoms with van der Waals surface area (Å²) in [5, 5.41) is 0. The highest BCUT2D eigenvalue weighted by Crippen LogP contribution is 2.39. The molecule has 0 radical (unpaired) electrons. The SMILES string of the molecule is COc1ccccc1C1=C(N2CCN(C)CC2)C(=O)N(c2ccc(C)cc2C)C1=O. The molecule has 2 amide bonds. The lowest BCUT2D eigenvalue weighted by Gasteiger charge is -2.34. The number of piperazine rings is 1. The summed E-state index contributed by atoms with van der Waals surface area (Å²) < 4.78 is 5.53. The predicted octanol–water partition coefficient (Wildman–Crippen LogP) is 2.84. The molecule has 0 spiro atoms. The van der Waals surface area contributed by atoms with Crippen LogP contribution in [0.15, 0.2) is 48.2 Å². The molecular weight excluding hydrogens is 378 g/mol. The number of benzene rings is 2. The van der Waals surface area contributed by atoms with Crippen LogP contribution in [0.3, 0.4) is 0 Å². The van der Waals surface area contributed by atoms with Crippen LogP contribution in [-0.4, -0.2) is 62.0 Å². The minimum absolute atomic E-state index is 0.266. The van der Waals surface area contributed by atoms with Crippen molar-refractivity contribution in [3.8, 4) is 5.75 Å². The molecule has 6 heteroatoms. The molecule has 1 saturated heterocycles. The molecule has 0 atom stereocenters. The van der Waals surface area contributed by atoms with Crippen molar-refractivity contribution >= 4 is 23.1 Å². The Morgan fingerprint density at radius 2 is 1.60 bits per heavy atom. The lowest BCUT2D eigenvalue weighted by Crippen LogP contribution is -2.46. The van der Waals surface area contributed by atoms with Gasteiger partial charge in [-0.2, -0.15) is 0 Å². The Morgan fingerprint density at radius 1 is 0.900 bits per heavy atom. The zero-order chi connectivity index (χ0) is 21.4. The van der Waals surface area contributed by atoms with Gasteiger partial charge in [-0.15, -0.1) is 0 Å². The maximum atomic E-state index is 13.7. The van der Waals surface area contributed by atoms with Crippen LogP contribution in [0, 0.1) is 13.8 Å². The normalized spacial score (nSPS) is 17.9. The second-order valence-corrected chi connectivity index (χ2v) is 7.95. The number of amides is 2. The van der Waals surface area contributed by atoms with E-state index in [1.54, 1.807) is 7.11 Å². The first-order valence-corrected chi connectivity index (χ1v) is 10.2. The minimum Gasteiger partial charge on any atom is -0.496 e. The van der Waals surface area contributed by atoms with Crippen LogP contribution in [0.5, 0.6) is 5.75 Å². The van der Waals surface area contributed by atoms with Crippen molar-refractivity contribution in [2.24, 2.45) is 0 Å². The van der Waals surface area contributed by atoms with Crippen molar-refractivity contribution < 1.29 is 14.3 Å². The average Bonchev–Trinajstić information content (AvgIpc) is 2.99. The lowest BCUT2D eigenvalue weighted by atomic mass is 10.0. The molecule has 0 saturated carbocycles. The van der Waals surface area contributed by atoms with E-state index in [1.807, 2.05) is 61.2 Å². The van der Waals surface area contributed by atoms with E-state index in [0.717, 1.165) is 24.2 Å². The summed E-state index contributed by atoms with van der Waals surface area (Å²) in [7, 11) is 3.65. The van der Waals surface area contributed by atoms with Crippen LogP contribution < -0.4 is 9.64 Å². The number of para-hydroxylation sites is 1. The zero-order valence-electron chi connectivity index (χ0n) is 17.9. The summed E-state index contributed by atoms with van der Waals surface area (Å²) in [5.41, 5.74) is 4.16. The molecule has 0 bridgehead atoms. The largest absolute Gasteiger partial charge is 0.496 e. The Bertz CT molecular complexity index is 1040. The fourth-order valence-electron chi connectivity index (χ4n) is 4.21. The molecule has 6 nitrogen and oxygen atoms in total. The highest BCUT2D eigenvalue weighted by Gasteiger charge is 2.44. The second kappa shape index (κ2) is 7.95. The quantitative estimate of drug-likeness (QED) is 0.733. The van der Waals surface area contributed by atoms with Crippen LogP contribution in [0.4, 0.5) is 5.69 Å². The molecule has 2 aromatic rings. The highest BCUT2D eigenvalue weighted by molar-refractivity contribution is 6.45. The molecule has 2 aliphatic heterocycles. The van der Waals surface area contributed by atoms with Crippen LogP contribution in [0.1, 0.15) is 16.7 Å². The molecule has 30 heavy (non-hydrogen) atoms. The predicted molar refractivity (Wildman–Crippen MR) is 117 cm³/mol. The highest BCUT2D eigenvalue weighted by atomic mass is 16.5. The van der Waals surface area contributed by atoms with Crippen molar-refractivity contribution in [1.29, 1.82) is 0 Å². The summed E-state index contributed by atoms with van der Waals surface area (Å²) in [5.74, 6) is 0.0190. The summed E-state index contributed by atoms with van der Waals surface area (Å²) in [6, 6.07) is 13.2. The van der Waals surface area contributed by atoms with Gasteiger partial charge in [-0.25, -0.2) is 4.90 Å². The first kappa shape index (κ1) is 20.2. The maximum absolute atomic E-state index is 13.7. The third-order valence-corrected chi connectivity index (χ3v) is 5.85. The molecule has 2 aliphatic rings. The molecule has 0 unspecified atom stereocenters. The van der Waals surface area contributed by atoms with Gasteiger partial charge < -0.3 is 14.5 Å².